The van der Waals surface area contributed by atoms with E-state index >= 15 is 0 Å². The Kier molecular flexibility index (Phi) is 12.1. The summed E-state index contributed by atoms with van der Waals surface area (Å²) >= 11 is 0. The third-order valence-electron chi connectivity index (χ3n) is 10.8. The Morgan fingerprint density at radius 2 is 0.797 bits per heavy atom. The Balaban J connectivity index is 0.898. The highest BCUT2D eigenvalue weighted by Crippen LogP contribution is 2.39. The average molecular weight is 867 g/mol. The topological polar surface area (TPSA) is 107 Å². The van der Waals surface area contributed by atoms with Gasteiger partial charge in [0.05, 0.1) is 22.5 Å². The molecule has 0 heterocycles. The van der Waals surface area contributed by atoms with Crippen LogP contribution in [0.1, 0.15) is 49.3 Å². The quantitative estimate of drug-likeness (QED) is 0.0725. The molecule has 0 bridgehead atoms. The van der Waals surface area contributed by atoms with Crippen LogP contribution in [-0.2, 0) is 38.0 Å². The van der Waals surface area contributed by atoms with E-state index in [1.165, 1.54) is 24.3 Å². The van der Waals surface area contributed by atoms with Gasteiger partial charge in [0, 0.05) is 21.9 Å². The SMILES string of the molecule is O=C(c1ccc(N=Nc2c(O)ccc3cc(CCc4cccc(C(F)(F)F)c4)ccc23)cc1)c1ccc(N=Nc2c(O)ccc3cc(CCc4cccc(C(F)(F)F)c4)ccc23)cc1. The Labute approximate surface area is 362 Å². The molecule has 0 aliphatic heterocycles. The molecular weight excluding hydrogens is 831 g/mol. The Bertz CT molecular complexity index is 2870. The van der Waals surface area contributed by atoms with Crippen molar-refractivity contribution in [3.8, 4) is 11.5 Å². The molecule has 0 radical (unpaired) electrons. The van der Waals surface area contributed by atoms with Crippen LogP contribution >= 0.6 is 0 Å². The molecule has 0 aliphatic carbocycles. The van der Waals surface area contributed by atoms with Crippen LogP contribution in [0.15, 0.2) is 178 Å². The molecular formula is C51H36F6N4O3. The van der Waals surface area contributed by atoms with Crippen molar-refractivity contribution in [1.29, 1.82) is 0 Å². The zero-order valence-corrected chi connectivity index (χ0v) is 33.7. The van der Waals surface area contributed by atoms with E-state index in [2.05, 4.69) is 20.5 Å². The minimum atomic E-state index is -4.41. The van der Waals surface area contributed by atoms with E-state index in [-0.39, 0.29) is 28.7 Å². The number of rotatable bonds is 12. The van der Waals surface area contributed by atoms with Gasteiger partial charge in [-0.1, -0.05) is 84.9 Å². The highest BCUT2D eigenvalue weighted by molar-refractivity contribution is 6.09. The van der Waals surface area contributed by atoms with Gasteiger partial charge in [0.1, 0.15) is 22.9 Å². The summed E-state index contributed by atoms with van der Waals surface area (Å²) in [7, 11) is 0. The summed E-state index contributed by atoms with van der Waals surface area (Å²) in [5, 5.41) is 41.3. The number of nitrogens with zero attached hydrogens (tertiary/aromatic N) is 4. The minimum absolute atomic E-state index is 0.0847. The molecule has 0 fully saturated rings. The Morgan fingerprint density at radius 3 is 1.17 bits per heavy atom. The summed E-state index contributed by atoms with van der Waals surface area (Å²) in [6, 6.07) is 41.1. The predicted octanol–water partition coefficient (Wildman–Crippen LogP) is 15.1. The second-order valence-electron chi connectivity index (χ2n) is 15.2. The van der Waals surface area contributed by atoms with Crippen molar-refractivity contribution in [2.75, 3.05) is 0 Å². The van der Waals surface area contributed by atoms with Crippen molar-refractivity contribution in [2.45, 2.75) is 38.0 Å². The normalized spacial score (nSPS) is 12.2. The van der Waals surface area contributed by atoms with E-state index in [9.17, 15) is 41.4 Å². The lowest BCUT2D eigenvalue weighted by molar-refractivity contribution is -0.138. The van der Waals surface area contributed by atoms with E-state index in [0.717, 1.165) is 46.2 Å². The molecule has 13 heteroatoms. The number of aromatic hydroxyl groups is 2. The fraction of sp³-hybridized carbons (Fsp3) is 0.118. The molecule has 0 spiro atoms. The van der Waals surface area contributed by atoms with E-state index in [4.69, 9.17) is 0 Å². The average Bonchev–Trinajstić information content (AvgIpc) is 3.29. The Hall–Kier alpha value is -7.67. The fourth-order valence-corrected chi connectivity index (χ4v) is 7.35. The predicted molar refractivity (Wildman–Crippen MR) is 234 cm³/mol. The van der Waals surface area contributed by atoms with Gasteiger partial charge >= 0.3 is 12.4 Å². The zero-order valence-electron chi connectivity index (χ0n) is 33.7. The van der Waals surface area contributed by atoms with Gasteiger partial charge in [-0.25, -0.2) is 0 Å². The van der Waals surface area contributed by atoms with Crippen LogP contribution < -0.4 is 0 Å². The number of azo groups is 2. The smallest absolute Gasteiger partial charge is 0.416 e. The summed E-state index contributed by atoms with van der Waals surface area (Å²) in [6.07, 6.45) is -6.95. The molecule has 0 aliphatic rings. The number of phenolic OH excluding ortho intramolecular Hbond substituents is 2. The number of carbonyl (C=O) groups is 1. The van der Waals surface area contributed by atoms with Gasteiger partial charge in [-0.2, -0.15) is 36.6 Å². The lowest BCUT2D eigenvalue weighted by Gasteiger charge is -2.10. The molecule has 0 saturated carbocycles. The highest BCUT2D eigenvalue weighted by atomic mass is 19.4. The molecule has 8 rings (SSSR count). The van der Waals surface area contributed by atoms with Crippen LogP contribution in [-0.4, -0.2) is 16.0 Å². The largest absolute Gasteiger partial charge is 0.506 e. The second-order valence-corrected chi connectivity index (χ2v) is 15.2. The first-order valence-electron chi connectivity index (χ1n) is 20.1. The van der Waals surface area contributed by atoms with Crippen LogP contribution in [0.4, 0.5) is 49.1 Å². The summed E-state index contributed by atoms with van der Waals surface area (Å²) in [5.74, 6) is -0.421. The standard InChI is InChI=1S/C51H36F6N4O3/c52-50(53,54)39-5-1-3-31(29-39)7-9-33-11-23-43-37(27-33)17-25-45(62)47(43)60-58-41-19-13-35(14-20-41)49(64)36-15-21-42(22-16-36)59-61-48-44-24-12-34(28-38(44)18-26-46(48)63)10-8-32-4-2-6-40(30-32)51(55,56)57/h1-6,11-30,62-63H,7-10H2. The van der Waals surface area contributed by atoms with Crippen molar-refractivity contribution >= 4 is 50.1 Å². The van der Waals surface area contributed by atoms with Crippen LogP contribution in [0, 0.1) is 0 Å². The van der Waals surface area contributed by atoms with Crippen LogP contribution in [0.5, 0.6) is 11.5 Å². The number of phenols is 2. The maximum absolute atomic E-state index is 13.4. The van der Waals surface area contributed by atoms with Gasteiger partial charge in [0.25, 0.3) is 0 Å². The first-order chi connectivity index (χ1) is 30.7. The number of alkyl halides is 6. The van der Waals surface area contributed by atoms with E-state index in [1.807, 2.05) is 24.3 Å². The number of hydrogen-bond donors (Lipinski definition) is 2. The molecule has 64 heavy (non-hydrogen) atoms. The summed E-state index contributed by atoms with van der Waals surface area (Å²) in [6.45, 7) is 0. The van der Waals surface area contributed by atoms with E-state index < -0.39 is 23.5 Å². The van der Waals surface area contributed by atoms with Gasteiger partial charge in [-0.3, -0.25) is 4.79 Å². The van der Waals surface area contributed by atoms with Gasteiger partial charge in [-0.05, 0) is 132 Å². The monoisotopic (exact) mass is 866 g/mol. The van der Waals surface area contributed by atoms with E-state index in [1.54, 1.807) is 84.9 Å². The van der Waals surface area contributed by atoms with Crippen LogP contribution in [0.25, 0.3) is 21.5 Å². The van der Waals surface area contributed by atoms with Crippen molar-refractivity contribution in [3.63, 3.8) is 0 Å². The lowest BCUT2D eigenvalue weighted by Crippen LogP contribution is -2.05. The minimum Gasteiger partial charge on any atom is -0.506 e. The fourth-order valence-electron chi connectivity index (χ4n) is 7.35. The molecule has 7 nitrogen and oxygen atoms in total. The molecule has 0 saturated heterocycles. The molecule has 0 unspecified atom stereocenters. The number of hydrogen-bond acceptors (Lipinski definition) is 7. The molecule has 0 amide bonds. The van der Waals surface area contributed by atoms with Crippen molar-refractivity contribution in [3.05, 3.63) is 202 Å². The van der Waals surface area contributed by atoms with Gasteiger partial charge in [0.15, 0.2) is 5.78 Å². The molecule has 320 valence electrons. The summed E-state index contributed by atoms with van der Waals surface area (Å²) in [4.78, 5) is 13.4. The molecule has 0 aromatic heterocycles. The van der Waals surface area contributed by atoms with E-state index in [0.29, 0.717) is 70.1 Å². The highest BCUT2D eigenvalue weighted by Gasteiger charge is 2.31. The molecule has 8 aromatic carbocycles. The number of ketones is 1. The van der Waals surface area contributed by atoms with Gasteiger partial charge in [0.2, 0.25) is 0 Å². The summed E-state index contributed by atoms with van der Waals surface area (Å²) < 4.78 is 78.9. The number of halogens is 6. The summed E-state index contributed by atoms with van der Waals surface area (Å²) in [5.41, 5.74) is 3.77. The Morgan fingerprint density at radius 1 is 0.422 bits per heavy atom. The molecule has 0 atom stereocenters. The number of fused-ring (bicyclic) bond motifs is 2. The zero-order chi connectivity index (χ0) is 45.0. The first-order valence-corrected chi connectivity index (χ1v) is 20.1. The first kappa shape index (κ1) is 43.0. The maximum Gasteiger partial charge on any atom is 0.416 e. The number of carbonyl (C=O) groups excluding carboxylic acids is 1. The number of benzene rings is 8. The van der Waals surface area contributed by atoms with Crippen LogP contribution in [0.2, 0.25) is 0 Å². The molecule has 8 aromatic rings. The third-order valence-corrected chi connectivity index (χ3v) is 10.8. The second kappa shape index (κ2) is 18.0. The number of aryl methyl sites for hydroxylation is 4. The third kappa shape index (κ3) is 10.00. The van der Waals surface area contributed by atoms with Gasteiger partial charge in [-0.15, -0.1) is 10.2 Å². The van der Waals surface area contributed by atoms with Crippen LogP contribution in [0.3, 0.4) is 0 Å². The van der Waals surface area contributed by atoms with Gasteiger partial charge < -0.3 is 10.2 Å². The lowest BCUT2D eigenvalue weighted by atomic mass is 9.99. The molecule has 2 N–H and O–H groups in total. The van der Waals surface area contributed by atoms with Crippen molar-refractivity contribution < 1.29 is 41.4 Å². The van der Waals surface area contributed by atoms with Crippen molar-refractivity contribution in [2.24, 2.45) is 20.5 Å². The maximum atomic E-state index is 13.4. The van der Waals surface area contributed by atoms with Crippen molar-refractivity contribution in [1.82, 2.24) is 0 Å².